The Morgan fingerprint density at radius 3 is 2.52 bits per heavy atom. The van der Waals surface area contributed by atoms with Crippen LogP contribution in [0.4, 0.5) is 17.2 Å². The van der Waals surface area contributed by atoms with Crippen molar-refractivity contribution in [1.29, 1.82) is 0 Å². The lowest BCUT2D eigenvalue weighted by Crippen LogP contribution is -2.19. The lowest BCUT2D eigenvalue weighted by atomic mass is 10.2. The molecular weight excluding hydrogens is 366 g/mol. The van der Waals surface area contributed by atoms with Crippen LogP contribution in [0.5, 0.6) is 11.5 Å². The Bertz CT molecular complexity index is 1000. The second-order valence-electron chi connectivity index (χ2n) is 6.51. The van der Waals surface area contributed by atoms with E-state index in [4.69, 9.17) is 9.47 Å². The van der Waals surface area contributed by atoms with Crippen molar-refractivity contribution in [1.82, 2.24) is 4.98 Å². The number of carbonyl (C=O) groups is 1. The Morgan fingerprint density at radius 1 is 1.03 bits per heavy atom. The molecule has 0 atom stereocenters. The van der Waals surface area contributed by atoms with Gasteiger partial charge in [-0.1, -0.05) is 12.1 Å². The van der Waals surface area contributed by atoms with Gasteiger partial charge in [0.05, 0.1) is 14.2 Å². The van der Waals surface area contributed by atoms with E-state index in [9.17, 15) is 4.79 Å². The third-order valence-electron chi connectivity index (χ3n) is 4.56. The molecule has 6 nitrogen and oxygen atoms in total. The highest BCUT2D eigenvalue weighted by Gasteiger charge is 2.14. The normalized spacial score (nSPS) is 10.3. The van der Waals surface area contributed by atoms with Crippen molar-refractivity contribution in [2.75, 3.05) is 31.0 Å². The fourth-order valence-electron chi connectivity index (χ4n) is 3.10. The summed E-state index contributed by atoms with van der Waals surface area (Å²) in [5, 5.41) is 2.90. The number of hydrogen-bond acceptors (Lipinski definition) is 5. The number of nitrogens with zero attached hydrogens (tertiary/aromatic N) is 2. The summed E-state index contributed by atoms with van der Waals surface area (Å²) in [6.07, 6.45) is 1.65. The summed E-state index contributed by atoms with van der Waals surface area (Å²) in [5.74, 6) is 1.66. The van der Waals surface area contributed by atoms with Crippen LogP contribution in [-0.4, -0.2) is 31.7 Å². The molecule has 1 heterocycles. The predicted octanol–water partition coefficient (Wildman–Crippen LogP) is 4.82. The van der Waals surface area contributed by atoms with Gasteiger partial charge in [-0.2, -0.15) is 0 Å². The van der Waals surface area contributed by atoms with E-state index in [1.165, 1.54) is 5.56 Å². The van der Waals surface area contributed by atoms with Crippen molar-refractivity contribution >= 4 is 23.1 Å². The van der Waals surface area contributed by atoms with Gasteiger partial charge in [-0.3, -0.25) is 4.79 Å². The van der Waals surface area contributed by atoms with Gasteiger partial charge in [-0.15, -0.1) is 0 Å². The van der Waals surface area contributed by atoms with Crippen LogP contribution < -0.4 is 19.7 Å². The summed E-state index contributed by atoms with van der Waals surface area (Å²) < 4.78 is 10.5. The Balaban J connectivity index is 1.84. The molecule has 29 heavy (non-hydrogen) atoms. The van der Waals surface area contributed by atoms with Gasteiger partial charge in [0, 0.05) is 35.7 Å². The molecule has 1 amide bonds. The molecule has 0 bridgehead atoms. The standard InChI is InChI=1S/C23H25N3O3/c1-5-26(19-8-6-7-16(2)13-19)22-14-17(11-12-24-22)23(27)25-18-9-10-20(28-3)21(15-18)29-4/h6-15H,5H2,1-4H3,(H,25,27). The van der Waals surface area contributed by atoms with Crippen molar-refractivity contribution < 1.29 is 14.3 Å². The fourth-order valence-corrected chi connectivity index (χ4v) is 3.10. The number of hydrogen-bond donors (Lipinski definition) is 1. The summed E-state index contributed by atoms with van der Waals surface area (Å²) in [4.78, 5) is 19.3. The first kappa shape index (κ1) is 20.2. The molecule has 0 aliphatic rings. The predicted molar refractivity (Wildman–Crippen MR) is 116 cm³/mol. The van der Waals surface area contributed by atoms with Gasteiger partial charge in [0.1, 0.15) is 5.82 Å². The number of methoxy groups -OCH3 is 2. The van der Waals surface area contributed by atoms with Crippen LogP contribution >= 0.6 is 0 Å². The van der Waals surface area contributed by atoms with E-state index in [1.54, 1.807) is 50.7 Å². The molecule has 1 aromatic heterocycles. The maximum Gasteiger partial charge on any atom is 0.255 e. The lowest BCUT2D eigenvalue weighted by molar-refractivity contribution is 0.102. The third-order valence-corrected chi connectivity index (χ3v) is 4.56. The minimum atomic E-state index is -0.221. The SMILES string of the molecule is CCN(c1cccc(C)c1)c1cc(C(=O)Nc2ccc(OC)c(OC)c2)ccn1. The topological polar surface area (TPSA) is 63.7 Å². The largest absolute Gasteiger partial charge is 0.493 e. The molecule has 0 aliphatic carbocycles. The Labute approximate surface area is 171 Å². The molecule has 0 unspecified atom stereocenters. The second kappa shape index (κ2) is 9.10. The van der Waals surface area contributed by atoms with E-state index in [1.807, 2.05) is 12.1 Å². The molecule has 6 heteroatoms. The molecule has 3 aromatic rings. The zero-order chi connectivity index (χ0) is 20.8. The summed E-state index contributed by atoms with van der Waals surface area (Å²) >= 11 is 0. The molecule has 3 rings (SSSR count). The van der Waals surface area contributed by atoms with E-state index in [2.05, 4.69) is 41.2 Å². The van der Waals surface area contributed by atoms with Gasteiger partial charge in [0.15, 0.2) is 11.5 Å². The Kier molecular flexibility index (Phi) is 6.34. The average Bonchev–Trinajstić information content (AvgIpc) is 2.74. The van der Waals surface area contributed by atoms with Crippen LogP contribution in [0.25, 0.3) is 0 Å². The van der Waals surface area contributed by atoms with E-state index in [0.717, 1.165) is 18.1 Å². The first-order valence-corrected chi connectivity index (χ1v) is 9.39. The quantitative estimate of drug-likeness (QED) is 0.626. The maximum absolute atomic E-state index is 12.8. The number of rotatable bonds is 7. The molecular formula is C23H25N3O3. The average molecular weight is 391 g/mol. The van der Waals surface area contributed by atoms with E-state index >= 15 is 0 Å². The van der Waals surface area contributed by atoms with Gasteiger partial charge >= 0.3 is 0 Å². The van der Waals surface area contributed by atoms with Crippen molar-refractivity contribution in [2.24, 2.45) is 0 Å². The Morgan fingerprint density at radius 2 is 1.83 bits per heavy atom. The number of aromatic nitrogens is 1. The van der Waals surface area contributed by atoms with Crippen LogP contribution in [0.15, 0.2) is 60.8 Å². The van der Waals surface area contributed by atoms with Crippen molar-refractivity contribution in [3.8, 4) is 11.5 Å². The fraction of sp³-hybridized carbons (Fsp3) is 0.217. The minimum Gasteiger partial charge on any atom is -0.493 e. The van der Waals surface area contributed by atoms with Crippen LogP contribution in [0.1, 0.15) is 22.8 Å². The van der Waals surface area contributed by atoms with Crippen molar-refractivity contribution in [3.05, 3.63) is 71.9 Å². The minimum absolute atomic E-state index is 0.221. The highest BCUT2D eigenvalue weighted by Crippen LogP contribution is 2.30. The van der Waals surface area contributed by atoms with Crippen LogP contribution in [0.2, 0.25) is 0 Å². The molecule has 0 saturated heterocycles. The maximum atomic E-state index is 12.8. The van der Waals surface area contributed by atoms with E-state index < -0.39 is 0 Å². The number of ether oxygens (including phenoxy) is 2. The second-order valence-corrected chi connectivity index (χ2v) is 6.51. The first-order chi connectivity index (χ1) is 14.0. The highest BCUT2D eigenvalue weighted by atomic mass is 16.5. The number of aryl methyl sites for hydroxylation is 1. The molecule has 2 aromatic carbocycles. The molecule has 0 spiro atoms. The Hall–Kier alpha value is -3.54. The smallest absolute Gasteiger partial charge is 0.255 e. The first-order valence-electron chi connectivity index (χ1n) is 9.39. The molecule has 150 valence electrons. The molecule has 0 saturated carbocycles. The van der Waals surface area contributed by atoms with E-state index in [-0.39, 0.29) is 5.91 Å². The van der Waals surface area contributed by atoms with Gasteiger partial charge in [-0.05, 0) is 55.8 Å². The number of benzene rings is 2. The number of pyridine rings is 1. The summed E-state index contributed by atoms with van der Waals surface area (Å²) in [6, 6.07) is 16.9. The number of anilines is 3. The third kappa shape index (κ3) is 4.66. The van der Waals surface area contributed by atoms with Gasteiger partial charge in [0.25, 0.3) is 5.91 Å². The number of carbonyl (C=O) groups excluding carboxylic acids is 1. The molecule has 0 fully saturated rings. The van der Waals surface area contributed by atoms with Crippen LogP contribution in [0.3, 0.4) is 0 Å². The van der Waals surface area contributed by atoms with Gasteiger partial charge < -0.3 is 19.7 Å². The molecule has 1 N–H and O–H groups in total. The van der Waals surface area contributed by atoms with Crippen LogP contribution in [0, 0.1) is 6.92 Å². The zero-order valence-electron chi connectivity index (χ0n) is 17.1. The summed E-state index contributed by atoms with van der Waals surface area (Å²) in [6.45, 7) is 4.84. The number of amides is 1. The van der Waals surface area contributed by atoms with E-state index in [0.29, 0.717) is 22.7 Å². The lowest BCUT2D eigenvalue weighted by Gasteiger charge is -2.23. The summed E-state index contributed by atoms with van der Waals surface area (Å²) in [5.41, 5.74) is 3.36. The zero-order valence-corrected chi connectivity index (χ0v) is 17.1. The monoisotopic (exact) mass is 391 g/mol. The van der Waals surface area contributed by atoms with Gasteiger partial charge in [-0.25, -0.2) is 4.98 Å². The van der Waals surface area contributed by atoms with Gasteiger partial charge in [0.2, 0.25) is 0 Å². The van der Waals surface area contributed by atoms with Crippen LogP contribution in [-0.2, 0) is 0 Å². The molecule has 0 aliphatic heterocycles. The molecule has 0 radical (unpaired) electrons. The summed E-state index contributed by atoms with van der Waals surface area (Å²) in [7, 11) is 3.13. The number of nitrogens with one attached hydrogen (secondary N) is 1. The van der Waals surface area contributed by atoms with Crippen molar-refractivity contribution in [2.45, 2.75) is 13.8 Å². The van der Waals surface area contributed by atoms with Crippen molar-refractivity contribution in [3.63, 3.8) is 0 Å². The highest BCUT2D eigenvalue weighted by molar-refractivity contribution is 6.04.